The molecule has 0 aromatic rings. The molecule has 1 saturated heterocycles. The van der Waals surface area contributed by atoms with E-state index in [0.29, 0.717) is 13.1 Å². The Bertz CT molecular complexity index is 214. The minimum atomic E-state index is -0.969. The Kier molecular flexibility index (Phi) is 4.77. The summed E-state index contributed by atoms with van der Waals surface area (Å²) in [5.74, 6) is 0. The van der Waals surface area contributed by atoms with Crippen LogP contribution in [0.25, 0.3) is 0 Å². The first-order valence-corrected chi connectivity index (χ1v) is 5.20. The van der Waals surface area contributed by atoms with Gasteiger partial charge in [0.25, 0.3) is 0 Å². The molecule has 5 nitrogen and oxygen atoms in total. The van der Waals surface area contributed by atoms with Crippen LogP contribution in [0.15, 0.2) is 0 Å². The van der Waals surface area contributed by atoms with Crippen molar-refractivity contribution in [2.75, 3.05) is 33.2 Å². The maximum absolute atomic E-state index is 13.0. The van der Waals surface area contributed by atoms with E-state index in [9.17, 15) is 9.18 Å². The molecule has 0 aliphatic carbocycles. The van der Waals surface area contributed by atoms with Crippen LogP contribution in [-0.4, -0.2) is 56.4 Å². The van der Waals surface area contributed by atoms with Crippen LogP contribution >= 0.6 is 0 Å². The highest BCUT2D eigenvalue weighted by atomic mass is 19.1. The molecule has 1 aliphatic rings. The minimum absolute atomic E-state index is 0.0596. The second-order valence-electron chi connectivity index (χ2n) is 3.80. The van der Waals surface area contributed by atoms with E-state index in [2.05, 4.69) is 10.6 Å². The number of carbonyl (C=O) groups excluding carboxylic acids is 1. The van der Waals surface area contributed by atoms with E-state index in [-0.39, 0.29) is 18.6 Å². The van der Waals surface area contributed by atoms with Gasteiger partial charge in [-0.1, -0.05) is 0 Å². The van der Waals surface area contributed by atoms with Crippen molar-refractivity contribution < 1.29 is 9.18 Å². The Morgan fingerprint density at radius 3 is 3.07 bits per heavy atom. The van der Waals surface area contributed by atoms with Gasteiger partial charge in [-0.3, -0.25) is 4.90 Å². The van der Waals surface area contributed by atoms with E-state index in [0.717, 1.165) is 13.0 Å². The molecule has 1 rings (SSSR count). The molecular formula is C9H19FN4O. The first kappa shape index (κ1) is 12.2. The number of nitrogens with one attached hydrogen (secondary N) is 2. The molecule has 1 fully saturated rings. The van der Waals surface area contributed by atoms with Gasteiger partial charge in [-0.05, 0) is 6.42 Å². The van der Waals surface area contributed by atoms with E-state index in [1.165, 1.54) is 0 Å². The molecule has 2 amide bonds. The van der Waals surface area contributed by atoms with Crippen molar-refractivity contribution in [1.82, 2.24) is 15.5 Å². The van der Waals surface area contributed by atoms with E-state index < -0.39 is 6.17 Å². The van der Waals surface area contributed by atoms with Gasteiger partial charge in [-0.25, -0.2) is 9.18 Å². The summed E-state index contributed by atoms with van der Waals surface area (Å²) in [4.78, 5) is 13.0. The maximum Gasteiger partial charge on any atom is 0.314 e. The molecule has 1 aliphatic heterocycles. The molecule has 0 bridgehead atoms. The van der Waals surface area contributed by atoms with Gasteiger partial charge in [0.05, 0.1) is 0 Å². The fraction of sp³-hybridized carbons (Fsp3) is 0.889. The lowest BCUT2D eigenvalue weighted by Gasteiger charge is -2.18. The van der Waals surface area contributed by atoms with Crippen molar-refractivity contribution in [3.63, 3.8) is 0 Å². The normalized spacial score (nSPS) is 23.8. The van der Waals surface area contributed by atoms with Crippen molar-refractivity contribution in [2.24, 2.45) is 5.73 Å². The largest absolute Gasteiger partial charge is 0.341 e. The molecule has 0 saturated carbocycles. The molecule has 0 unspecified atom stereocenters. The molecule has 1 heterocycles. The van der Waals surface area contributed by atoms with Crippen molar-refractivity contribution in [3.8, 4) is 0 Å². The average molecular weight is 218 g/mol. The Hall–Kier alpha value is -0.880. The van der Waals surface area contributed by atoms with Crippen LogP contribution in [-0.2, 0) is 0 Å². The van der Waals surface area contributed by atoms with Gasteiger partial charge >= 0.3 is 6.03 Å². The summed E-state index contributed by atoms with van der Waals surface area (Å²) >= 11 is 0. The van der Waals surface area contributed by atoms with Gasteiger partial charge < -0.3 is 16.4 Å². The summed E-state index contributed by atoms with van der Waals surface area (Å²) in [6.45, 7) is 1.94. The van der Waals surface area contributed by atoms with Gasteiger partial charge in [0.1, 0.15) is 6.17 Å². The van der Waals surface area contributed by atoms with Crippen LogP contribution in [0.5, 0.6) is 0 Å². The number of alkyl halides is 1. The number of carbonyl (C=O) groups is 1. The smallest absolute Gasteiger partial charge is 0.314 e. The number of nitrogens with zero attached hydrogens (tertiary/aromatic N) is 1. The van der Waals surface area contributed by atoms with Crippen LogP contribution in [0, 0.1) is 0 Å². The zero-order valence-electron chi connectivity index (χ0n) is 9.00. The molecule has 88 valence electrons. The number of nitrogens with two attached hydrogens (primary N) is 1. The van der Waals surface area contributed by atoms with Gasteiger partial charge in [0.15, 0.2) is 0 Å². The molecule has 6 heteroatoms. The number of hydrogen-bond acceptors (Lipinski definition) is 3. The Balaban J connectivity index is 2.23. The van der Waals surface area contributed by atoms with Crippen LogP contribution in [0.4, 0.5) is 9.18 Å². The number of hydrogen-bond donors (Lipinski definition) is 3. The van der Waals surface area contributed by atoms with Crippen LogP contribution in [0.3, 0.4) is 0 Å². The molecule has 2 atom stereocenters. The summed E-state index contributed by atoms with van der Waals surface area (Å²) in [6.07, 6.45) is -0.103. The molecule has 0 radical (unpaired) electrons. The van der Waals surface area contributed by atoms with E-state index >= 15 is 0 Å². The summed E-state index contributed by atoms with van der Waals surface area (Å²) < 4.78 is 13.0. The third kappa shape index (κ3) is 4.01. The van der Waals surface area contributed by atoms with Crippen molar-refractivity contribution in [2.45, 2.75) is 18.6 Å². The topological polar surface area (TPSA) is 70.4 Å². The molecule has 0 spiro atoms. The van der Waals surface area contributed by atoms with Gasteiger partial charge in [0.2, 0.25) is 0 Å². The van der Waals surface area contributed by atoms with E-state index in [1.54, 1.807) is 7.05 Å². The fourth-order valence-electron chi connectivity index (χ4n) is 1.73. The third-order valence-corrected chi connectivity index (χ3v) is 2.55. The van der Waals surface area contributed by atoms with Crippen LogP contribution in [0.2, 0.25) is 0 Å². The third-order valence-electron chi connectivity index (χ3n) is 2.55. The van der Waals surface area contributed by atoms with Crippen molar-refractivity contribution in [3.05, 3.63) is 0 Å². The number of likely N-dealkylation sites (tertiary alicyclic amines) is 1. The highest BCUT2D eigenvalue weighted by Crippen LogP contribution is 2.10. The highest BCUT2D eigenvalue weighted by molar-refractivity contribution is 5.73. The number of halogens is 1. The predicted octanol–water partition coefficient (Wildman–Crippen LogP) is -0.713. The maximum atomic E-state index is 13.0. The van der Waals surface area contributed by atoms with Crippen molar-refractivity contribution >= 4 is 6.03 Å². The average Bonchev–Trinajstić information content (AvgIpc) is 2.65. The van der Waals surface area contributed by atoms with Crippen molar-refractivity contribution in [1.29, 1.82) is 0 Å². The number of amides is 2. The monoisotopic (exact) mass is 218 g/mol. The van der Waals surface area contributed by atoms with Gasteiger partial charge in [-0.2, -0.15) is 0 Å². The van der Waals surface area contributed by atoms with Crippen LogP contribution in [0.1, 0.15) is 6.42 Å². The first-order chi connectivity index (χ1) is 7.15. The summed E-state index contributed by atoms with van der Waals surface area (Å²) in [5, 5.41) is 5.30. The predicted molar refractivity (Wildman–Crippen MR) is 56.4 cm³/mol. The zero-order valence-corrected chi connectivity index (χ0v) is 9.00. The Labute approximate surface area is 89.2 Å². The quantitative estimate of drug-likeness (QED) is 0.583. The lowest BCUT2D eigenvalue weighted by atomic mass is 10.3. The Morgan fingerprint density at radius 2 is 2.47 bits per heavy atom. The molecule has 0 aromatic heterocycles. The second-order valence-corrected chi connectivity index (χ2v) is 3.80. The fourth-order valence-corrected chi connectivity index (χ4v) is 1.73. The molecule has 15 heavy (non-hydrogen) atoms. The summed E-state index contributed by atoms with van der Waals surface area (Å²) in [6, 6.07) is -0.0626. The number of rotatable bonds is 4. The summed E-state index contributed by atoms with van der Waals surface area (Å²) in [7, 11) is 1.58. The first-order valence-electron chi connectivity index (χ1n) is 5.20. The highest BCUT2D eigenvalue weighted by Gasteiger charge is 2.24. The van der Waals surface area contributed by atoms with E-state index in [4.69, 9.17) is 5.73 Å². The van der Waals surface area contributed by atoms with Gasteiger partial charge in [-0.15, -0.1) is 0 Å². The molecular weight excluding hydrogens is 199 g/mol. The molecule has 0 aromatic carbocycles. The summed E-state index contributed by atoms with van der Waals surface area (Å²) in [5.41, 5.74) is 5.21. The second kappa shape index (κ2) is 5.87. The number of urea groups is 1. The lowest BCUT2D eigenvalue weighted by Crippen LogP contribution is -2.42. The van der Waals surface area contributed by atoms with Crippen LogP contribution < -0.4 is 16.4 Å². The lowest BCUT2D eigenvalue weighted by molar-refractivity contribution is 0.219. The SMILES string of the molecule is CNC(=O)N[C@@H]1CCN(C[C@H](F)CN)C1. The standard InChI is InChI=1S/C9H19FN4O/c1-12-9(15)13-8-2-3-14(6-8)5-7(10)4-11/h7-8H,2-6,11H2,1H3,(H2,12,13,15)/t7-,8-/m1/s1. The molecule has 4 N–H and O–H groups in total. The Morgan fingerprint density at radius 1 is 1.73 bits per heavy atom. The van der Waals surface area contributed by atoms with Gasteiger partial charge in [0, 0.05) is 39.3 Å². The minimum Gasteiger partial charge on any atom is -0.341 e. The zero-order chi connectivity index (χ0) is 11.3. The van der Waals surface area contributed by atoms with E-state index in [1.807, 2.05) is 4.90 Å².